The minimum atomic E-state index is -0.207. The van der Waals surface area contributed by atoms with Gasteiger partial charge in [0.2, 0.25) is 5.95 Å². The first-order chi connectivity index (χ1) is 11.0. The minimum absolute atomic E-state index is 0.125. The molecule has 8 heteroatoms. The van der Waals surface area contributed by atoms with Crippen molar-refractivity contribution >= 4 is 29.2 Å². The molecular formula is C15H11Cl2N5O. The second kappa shape index (κ2) is 5.98. The molecule has 2 heterocycles. The second-order valence-electron chi connectivity index (χ2n) is 4.80. The quantitative estimate of drug-likeness (QED) is 0.770. The first-order valence-electron chi connectivity index (χ1n) is 6.58. The first-order valence-corrected chi connectivity index (χ1v) is 7.34. The van der Waals surface area contributed by atoms with Crippen LogP contribution in [-0.2, 0) is 7.05 Å². The average Bonchev–Trinajstić information content (AvgIpc) is 2.53. The zero-order valence-electron chi connectivity index (χ0n) is 12.0. The third-order valence-corrected chi connectivity index (χ3v) is 3.98. The largest absolute Gasteiger partial charge is 0.368 e. The van der Waals surface area contributed by atoms with Crippen molar-refractivity contribution in [3.63, 3.8) is 0 Å². The van der Waals surface area contributed by atoms with Gasteiger partial charge in [0.25, 0.3) is 5.56 Å². The van der Waals surface area contributed by atoms with Crippen molar-refractivity contribution in [1.82, 2.24) is 19.7 Å². The molecule has 0 saturated carbocycles. The number of nitrogen functional groups attached to an aromatic ring is 1. The fourth-order valence-corrected chi connectivity index (χ4v) is 2.39. The van der Waals surface area contributed by atoms with E-state index in [-0.39, 0.29) is 11.5 Å². The molecule has 0 aliphatic carbocycles. The molecule has 0 saturated heterocycles. The van der Waals surface area contributed by atoms with E-state index in [0.717, 1.165) is 5.56 Å². The zero-order valence-corrected chi connectivity index (χ0v) is 13.5. The molecule has 0 aliphatic heterocycles. The normalized spacial score (nSPS) is 10.7. The Morgan fingerprint density at radius 2 is 1.91 bits per heavy atom. The van der Waals surface area contributed by atoms with E-state index in [4.69, 9.17) is 28.9 Å². The van der Waals surface area contributed by atoms with E-state index in [1.54, 1.807) is 37.5 Å². The van der Waals surface area contributed by atoms with Crippen LogP contribution in [0.3, 0.4) is 0 Å². The lowest BCUT2D eigenvalue weighted by Gasteiger charge is -2.10. The maximum Gasteiger partial charge on any atom is 0.266 e. The van der Waals surface area contributed by atoms with Crippen LogP contribution in [0.25, 0.3) is 22.5 Å². The molecule has 0 radical (unpaired) electrons. The van der Waals surface area contributed by atoms with E-state index < -0.39 is 0 Å². The molecule has 0 unspecified atom stereocenters. The van der Waals surface area contributed by atoms with Gasteiger partial charge in [-0.3, -0.25) is 4.79 Å². The Hall–Kier alpha value is -2.44. The number of nitrogens with zero attached hydrogens (tertiary/aromatic N) is 4. The Labute approximate surface area is 141 Å². The van der Waals surface area contributed by atoms with Gasteiger partial charge in [0.15, 0.2) is 0 Å². The number of hydrogen-bond acceptors (Lipinski definition) is 5. The van der Waals surface area contributed by atoms with Gasteiger partial charge in [-0.15, -0.1) is 0 Å². The summed E-state index contributed by atoms with van der Waals surface area (Å²) in [6.07, 6.45) is 1.56. The van der Waals surface area contributed by atoms with Crippen molar-refractivity contribution < 1.29 is 0 Å². The summed E-state index contributed by atoms with van der Waals surface area (Å²) in [5.41, 5.74) is 7.96. The number of aryl methyl sites for hydroxylation is 1. The number of hydrogen-bond donors (Lipinski definition) is 1. The van der Waals surface area contributed by atoms with E-state index in [0.29, 0.717) is 27.0 Å². The van der Waals surface area contributed by atoms with Gasteiger partial charge in [-0.05, 0) is 18.2 Å². The Kier molecular flexibility index (Phi) is 4.02. The number of nitrogens with two attached hydrogens (primary N) is 1. The average molecular weight is 348 g/mol. The van der Waals surface area contributed by atoms with E-state index in [2.05, 4.69) is 15.1 Å². The molecule has 23 heavy (non-hydrogen) atoms. The van der Waals surface area contributed by atoms with E-state index in [9.17, 15) is 4.79 Å². The highest BCUT2D eigenvalue weighted by molar-refractivity contribution is 6.42. The van der Waals surface area contributed by atoms with E-state index in [1.165, 1.54) is 10.7 Å². The minimum Gasteiger partial charge on any atom is -0.368 e. The Morgan fingerprint density at radius 1 is 1.13 bits per heavy atom. The van der Waals surface area contributed by atoms with E-state index in [1.807, 2.05) is 0 Å². The Balaban J connectivity index is 2.23. The molecule has 3 rings (SSSR count). The van der Waals surface area contributed by atoms with Crippen LogP contribution in [0.5, 0.6) is 0 Å². The molecule has 0 aliphatic rings. The second-order valence-corrected chi connectivity index (χ2v) is 5.61. The molecule has 3 aromatic rings. The van der Waals surface area contributed by atoms with Crippen LogP contribution in [0.4, 0.5) is 5.95 Å². The molecule has 0 fully saturated rings. The molecule has 116 valence electrons. The van der Waals surface area contributed by atoms with Crippen molar-refractivity contribution in [2.75, 3.05) is 5.73 Å². The Bertz CT molecular complexity index is 955. The predicted molar refractivity (Wildman–Crippen MR) is 90.4 cm³/mol. The fraction of sp³-hybridized carbons (Fsp3) is 0.0667. The van der Waals surface area contributed by atoms with Gasteiger partial charge in [-0.2, -0.15) is 5.10 Å². The van der Waals surface area contributed by atoms with Crippen molar-refractivity contribution in [1.29, 1.82) is 0 Å². The van der Waals surface area contributed by atoms with Crippen LogP contribution in [0.15, 0.2) is 41.3 Å². The first kappa shape index (κ1) is 15.5. The van der Waals surface area contributed by atoms with Gasteiger partial charge < -0.3 is 5.73 Å². The van der Waals surface area contributed by atoms with Gasteiger partial charge in [0.1, 0.15) is 0 Å². The molecular weight excluding hydrogens is 337 g/mol. The molecule has 0 bridgehead atoms. The molecule has 2 N–H and O–H groups in total. The standard InChI is InChI=1S/C15H11Cl2N5O/c1-22-13(23)5-4-12(21-22)9-7-19-15(18)20-14(9)8-2-3-10(16)11(17)6-8/h2-7H,1H3,(H2,18,19,20). The highest BCUT2D eigenvalue weighted by atomic mass is 35.5. The van der Waals surface area contributed by atoms with Crippen LogP contribution in [-0.4, -0.2) is 19.7 Å². The third-order valence-electron chi connectivity index (χ3n) is 3.24. The lowest BCUT2D eigenvalue weighted by atomic mass is 10.0. The van der Waals surface area contributed by atoms with Gasteiger partial charge in [-0.1, -0.05) is 29.3 Å². The fourth-order valence-electron chi connectivity index (χ4n) is 2.09. The lowest BCUT2D eigenvalue weighted by Crippen LogP contribution is -2.18. The predicted octanol–water partition coefficient (Wildman–Crippen LogP) is 2.79. The lowest BCUT2D eigenvalue weighted by molar-refractivity contribution is 0.712. The summed E-state index contributed by atoms with van der Waals surface area (Å²) in [7, 11) is 1.57. The highest BCUT2D eigenvalue weighted by Crippen LogP contribution is 2.32. The number of rotatable bonds is 2. The summed E-state index contributed by atoms with van der Waals surface area (Å²) in [4.78, 5) is 19.8. The van der Waals surface area contributed by atoms with Crippen molar-refractivity contribution in [2.45, 2.75) is 0 Å². The summed E-state index contributed by atoms with van der Waals surface area (Å²) in [6.45, 7) is 0. The summed E-state index contributed by atoms with van der Waals surface area (Å²) in [5, 5.41) is 5.07. The highest BCUT2D eigenvalue weighted by Gasteiger charge is 2.14. The smallest absolute Gasteiger partial charge is 0.266 e. The monoisotopic (exact) mass is 347 g/mol. The van der Waals surface area contributed by atoms with Gasteiger partial charge >= 0.3 is 0 Å². The number of anilines is 1. The molecule has 6 nitrogen and oxygen atoms in total. The maximum absolute atomic E-state index is 11.5. The van der Waals surface area contributed by atoms with Gasteiger partial charge in [-0.25, -0.2) is 14.6 Å². The van der Waals surface area contributed by atoms with Crippen LogP contribution in [0, 0.1) is 0 Å². The molecule has 0 spiro atoms. The maximum atomic E-state index is 11.5. The van der Waals surface area contributed by atoms with Gasteiger partial charge in [0.05, 0.1) is 21.4 Å². The van der Waals surface area contributed by atoms with E-state index >= 15 is 0 Å². The van der Waals surface area contributed by atoms with Crippen LogP contribution < -0.4 is 11.3 Å². The molecule has 2 aromatic heterocycles. The number of aromatic nitrogens is 4. The molecule has 0 amide bonds. The van der Waals surface area contributed by atoms with Gasteiger partial charge in [0, 0.05) is 30.4 Å². The van der Waals surface area contributed by atoms with Crippen LogP contribution >= 0.6 is 23.2 Å². The van der Waals surface area contributed by atoms with Crippen LogP contribution in [0.2, 0.25) is 10.0 Å². The van der Waals surface area contributed by atoms with Crippen LogP contribution in [0.1, 0.15) is 0 Å². The summed E-state index contributed by atoms with van der Waals surface area (Å²) >= 11 is 12.0. The molecule has 0 atom stereocenters. The Morgan fingerprint density at radius 3 is 2.61 bits per heavy atom. The van der Waals surface area contributed by atoms with Crippen molar-refractivity contribution in [3.8, 4) is 22.5 Å². The van der Waals surface area contributed by atoms with Crippen molar-refractivity contribution in [3.05, 3.63) is 56.9 Å². The SMILES string of the molecule is Cn1nc(-c2cnc(N)nc2-c2ccc(Cl)c(Cl)c2)ccc1=O. The summed E-state index contributed by atoms with van der Waals surface area (Å²) < 4.78 is 1.24. The topological polar surface area (TPSA) is 86.7 Å². The summed E-state index contributed by atoms with van der Waals surface area (Å²) in [6, 6.07) is 8.18. The number of benzene rings is 1. The molecule has 1 aromatic carbocycles. The summed E-state index contributed by atoms with van der Waals surface area (Å²) in [5.74, 6) is 0.125. The zero-order chi connectivity index (χ0) is 16.6. The third kappa shape index (κ3) is 3.04. The van der Waals surface area contributed by atoms with Crippen molar-refractivity contribution in [2.24, 2.45) is 7.05 Å². The number of halogens is 2.